The largest absolute Gasteiger partial charge is 0.389 e. The van der Waals surface area contributed by atoms with E-state index < -0.39 is 6.10 Å². The maximum Gasteiger partial charge on any atom is 0.158 e. The third-order valence-corrected chi connectivity index (χ3v) is 3.93. The lowest BCUT2D eigenvalue weighted by Gasteiger charge is -1.96. The molecule has 2 nitrogen and oxygen atoms in total. The predicted octanol–water partition coefficient (Wildman–Crippen LogP) is 3.59. The van der Waals surface area contributed by atoms with Gasteiger partial charge in [0.2, 0.25) is 0 Å². The fourth-order valence-electron chi connectivity index (χ4n) is 1.11. The zero-order valence-corrected chi connectivity index (χ0v) is 9.93. The van der Waals surface area contributed by atoms with Gasteiger partial charge in [-0.15, -0.1) is 22.7 Å². The molecule has 0 aliphatic carbocycles. The van der Waals surface area contributed by atoms with Crippen molar-refractivity contribution in [3.63, 3.8) is 0 Å². The average molecular weight is 243 g/mol. The van der Waals surface area contributed by atoms with Crippen LogP contribution >= 0.6 is 34.9 Å². The highest BCUT2D eigenvalue weighted by Gasteiger charge is 2.07. The molecule has 0 saturated carbocycles. The van der Waals surface area contributed by atoms with E-state index in [1.807, 2.05) is 16.8 Å². The van der Waals surface area contributed by atoms with Gasteiger partial charge in [0, 0.05) is 5.38 Å². The molecule has 0 amide bonds. The molecule has 1 unspecified atom stereocenters. The van der Waals surface area contributed by atoms with Crippen LogP contribution in [0.3, 0.4) is 0 Å². The topological polar surface area (TPSA) is 36.0 Å². The zero-order valence-electron chi connectivity index (χ0n) is 7.48. The highest BCUT2D eigenvalue weighted by Crippen LogP contribution is 2.29. The molecule has 14 heavy (non-hydrogen) atoms. The van der Waals surface area contributed by atoms with Gasteiger partial charge in [-0.3, -0.25) is 0 Å². The first kappa shape index (κ1) is 10.0. The number of nitrogens with one attached hydrogen (secondary N) is 1. The minimum Gasteiger partial charge on any atom is -0.389 e. The Labute approximate surface area is 94.9 Å². The van der Waals surface area contributed by atoms with Crippen LogP contribution in [0.4, 0.5) is 0 Å². The van der Waals surface area contributed by atoms with Crippen molar-refractivity contribution >= 4 is 34.9 Å². The van der Waals surface area contributed by atoms with Gasteiger partial charge in [-0.05, 0) is 36.2 Å². The van der Waals surface area contributed by atoms with E-state index in [2.05, 4.69) is 4.98 Å². The number of aromatic nitrogens is 1. The van der Waals surface area contributed by atoms with Crippen molar-refractivity contribution in [1.82, 2.24) is 4.98 Å². The molecule has 0 aliphatic heterocycles. The molecule has 2 aromatic heterocycles. The van der Waals surface area contributed by atoms with Crippen LogP contribution in [-0.4, -0.2) is 10.1 Å². The van der Waals surface area contributed by atoms with E-state index in [9.17, 15) is 5.11 Å². The standard InChI is InChI=1S/C9H9NOS3/c1-5(11)6-2-8(13-3-6)7-4-14-9(12)10-7/h2-5,11H,1H3,(H,10,12). The van der Waals surface area contributed by atoms with Crippen molar-refractivity contribution in [3.8, 4) is 10.6 Å². The smallest absolute Gasteiger partial charge is 0.158 e. The number of thiophene rings is 1. The summed E-state index contributed by atoms with van der Waals surface area (Å²) in [5.74, 6) is 0. The highest BCUT2D eigenvalue weighted by atomic mass is 32.1. The number of hydrogen-bond donors (Lipinski definition) is 2. The van der Waals surface area contributed by atoms with Gasteiger partial charge in [-0.2, -0.15) is 0 Å². The number of aliphatic hydroxyl groups is 1. The summed E-state index contributed by atoms with van der Waals surface area (Å²) in [4.78, 5) is 4.23. The molecular weight excluding hydrogens is 234 g/mol. The molecule has 5 heteroatoms. The minimum absolute atomic E-state index is 0.401. The van der Waals surface area contributed by atoms with Crippen LogP contribution in [0.5, 0.6) is 0 Å². The average Bonchev–Trinajstić information content (AvgIpc) is 2.70. The van der Waals surface area contributed by atoms with Crippen LogP contribution in [-0.2, 0) is 0 Å². The number of aromatic amines is 1. The van der Waals surface area contributed by atoms with E-state index in [0.29, 0.717) is 0 Å². The van der Waals surface area contributed by atoms with E-state index in [4.69, 9.17) is 12.2 Å². The molecule has 2 heterocycles. The van der Waals surface area contributed by atoms with Crippen molar-refractivity contribution in [2.24, 2.45) is 0 Å². The quantitative estimate of drug-likeness (QED) is 0.791. The number of thiazole rings is 1. The Kier molecular flexibility index (Phi) is 2.83. The Morgan fingerprint density at radius 1 is 1.43 bits per heavy atom. The number of hydrogen-bond acceptors (Lipinski definition) is 4. The summed E-state index contributed by atoms with van der Waals surface area (Å²) in [5, 5.41) is 13.3. The zero-order chi connectivity index (χ0) is 10.1. The Balaban J connectivity index is 2.38. The highest BCUT2D eigenvalue weighted by molar-refractivity contribution is 7.73. The first-order valence-corrected chi connectivity index (χ1v) is 6.28. The van der Waals surface area contributed by atoms with Crippen molar-refractivity contribution in [1.29, 1.82) is 0 Å². The molecule has 74 valence electrons. The first-order chi connectivity index (χ1) is 6.66. The van der Waals surface area contributed by atoms with Gasteiger partial charge >= 0.3 is 0 Å². The maximum atomic E-state index is 9.37. The molecule has 0 aromatic carbocycles. The van der Waals surface area contributed by atoms with Gasteiger partial charge in [0.15, 0.2) is 3.95 Å². The Morgan fingerprint density at radius 2 is 2.21 bits per heavy atom. The number of rotatable bonds is 2. The van der Waals surface area contributed by atoms with E-state index in [0.717, 1.165) is 20.1 Å². The normalized spacial score (nSPS) is 13.0. The van der Waals surface area contributed by atoms with Crippen LogP contribution in [0.15, 0.2) is 16.8 Å². The molecule has 1 atom stereocenters. The second kappa shape index (κ2) is 3.94. The van der Waals surface area contributed by atoms with Crippen LogP contribution < -0.4 is 0 Å². The van der Waals surface area contributed by atoms with Gasteiger partial charge in [-0.1, -0.05) is 0 Å². The van der Waals surface area contributed by atoms with Crippen molar-refractivity contribution in [3.05, 3.63) is 26.3 Å². The lowest BCUT2D eigenvalue weighted by molar-refractivity contribution is 0.200. The van der Waals surface area contributed by atoms with Crippen molar-refractivity contribution in [2.75, 3.05) is 0 Å². The summed E-state index contributed by atoms with van der Waals surface area (Å²) in [7, 11) is 0. The summed E-state index contributed by atoms with van der Waals surface area (Å²) in [6.45, 7) is 1.77. The molecule has 2 rings (SSSR count). The SMILES string of the molecule is CC(O)c1csc(-c2csc(=S)[nH]2)c1. The summed E-state index contributed by atoms with van der Waals surface area (Å²) in [5.41, 5.74) is 1.99. The molecule has 0 spiro atoms. The van der Waals surface area contributed by atoms with Gasteiger partial charge in [0.1, 0.15) is 0 Å². The van der Waals surface area contributed by atoms with E-state index in [-0.39, 0.29) is 0 Å². The first-order valence-electron chi connectivity index (χ1n) is 4.11. The summed E-state index contributed by atoms with van der Waals surface area (Å²) in [6, 6.07) is 1.99. The Morgan fingerprint density at radius 3 is 2.71 bits per heavy atom. The number of H-pyrrole nitrogens is 1. The third-order valence-electron chi connectivity index (χ3n) is 1.89. The molecule has 0 bridgehead atoms. The lowest BCUT2D eigenvalue weighted by atomic mass is 10.2. The van der Waals surface area contributed by atoms with Crippen molar-refractivity contribution < 1.29 is 5.11 Å². The van der Waals surface area contributed by atoms with E-state index in [1.165, 1.54) is 11.3 Å². The second-order valence-corrected chi connectivity index (χ2v) is 5.44. The summed E-state index contributed by atoms with van der Waals surface area (Å²) < 4.78 is 0.784. The van der Waals surface area contributed by atoms with Crippen molar-refractivity contribution in [2.45, 2.75) is 13.0 Å². The van der Waals surface area contributed by atoms with Crippen LogP contribution in [0.25, 0.3) is 10.6 Å². The molecule has 2 aromatic rings. The van der Waals surface area contributed by atoms with E-state index in [1.54, 1.807) is 18.3 Å². The Bertz CT molecular complexity index is 480. The Hall–Kier alpha value is -0.490. The summed E-state index contributed by atoms with van der Waals surface area (Å²) >= 11 is 8.14. The number of aliphatic hydroxyl groups excluding tert-OH is 1. The molecule has 0 radical (unpaired) electrons. The molecule has 0 saturated heterocycles. The fourth-order valence-corrected chi connectivity index (χ4v) is 2.99. The van der Waals surface area contributed by atoms with Crippen LogP contribution in [0.1, 0.15) is 18.6 Å². The molecule has 0 aliphatic rings. The third kappa shape index (κ3) is 1.95. The minimum atomic E-state index is -0.401. The monoisotopic (exact) mass is 243 g/mol. The molecule has 2 N–H and O–H groups in total. The van der Waals surface area contributed by atoms with Crippen LogP contribution in [0, 0.1) is 3.95 Å². The molecular formula is C9H9NOS3. The lowest BCUT2D eigenvalue weighted by Crippen LogP contribution is -1.85. The maximum absolute atomic E-state index is 9.37. The van der Waals surface area contributed by atoms with Gasteiger partial charge in [-0.25, -0.2) is 0 Å². The molecule has 0 fully saturated rings. The van der Waals surface area contributed by atoms with E-state index >= 15 is 0 Å². The fraction of sp³-hybridized carbons (Fsp3) is 0.222. The van der Waals surface area contributed by atoms with Gasteiger partial charge < -0.3 is 10.1 Å². The van der Waals surface area contributed by atoms with Crippen LogP contribution in [0.2, 0.25) is 0 Å². The predicted molar refractivity (Wildman–Crippen MR) is 63.5 cm³/mol. The second-order valence-electron chi connectivity index (χ2n) is 2.98. The van der Waals surface area contributed by atoms with Gasteiger partial charge in [0.05, 0.1) is 16.7 Å². The van der Waals surface area contributed by atoms with Gasteiger partial charge in [0.25, 0.3) is 0 Å². The summed E-state index contributed by atoms with van der Waals surface area (Å²) in [6.07, 6.45) is -0.401.